The van der Waals surface area contributed by atoms with Gasteiger partial charge in [0.25, 0.3) is 0 Å². The van der Waals surface area contributed by atoms with Gasteiger partial charge in [0.2, 0.25) is 5.91 Å². The number of carbonyl (C=O) groups is 2. The Labute approximate surface area is 233 Å². The van der Waals surface area contributed by atoms with Gasteiger partial charge in [-0.15, -0.1) is 0 Å². The molecule has 0 aliphatic rings. The molecule has 0 aliphatic carbocycles. The van der Waals surface area contributed by atoms with Gasteiger partial charge in [0, 0.05) is 31.6 Å². The molecule has 1 aromatic heterocycles. The molecule has 3 aromatic rings. The topological polar surface area (TPSA) is 150 Å². The van der Waals surface area contributed by atoms with E-state index in [4.69, 9.17) is 20.6 Å². The third-order valence-electron chi connectivity index (χ3n) is 6.60. The average Bonchev–Trinajstić information content (AvgIpc) is 2.94. The summed E-state index contributed by atoms with van der Waals surface area (Å²) < 4.78 is 24.2. The summed E-state index contributed by atoms with van der Waals surface area (Å²) >= 11 is 0. The molecule has 1 amide bonds. The summed E-state index contributed by atoms with van der Waals surface area (Å²) in [4.78, 5) is 37.4. The zero-order valence-corrected chi connectivity index (χ0v) is 22.9. The van der Waals surface area contributed by atoms with Gasteiger partial charge in [0.05, 0.1) is 17.0 Å². The first-order chi connectivity index (χ1) is 19.3. The Bertz CT molecular complexity index is 1310. The molecule has 3 rings (SSSR count). The standard InChI is InChI=1S/C30H39FN4O5/c1-20(35-18-23(33)7-4-5-15-32)30(38)34-16-6-2-3-8-28(36)40-24-13-14-25-27(17-24)39-19-26(29(25)37)21-9-11-22(31)12-10-21/h9-14,17,19-20,23,35H,2-8,15-16,18,32-33H2,1H3,(H,34,38). The van der Waals surface area contributed by atoms with Crippen LogP contribution in [0.25, 0.3) is 22.1 Å². The van der Waals surface area contributed by atoms with Crippen LogP contribution >= 0.6 is 0 Å². The number of rotatable bonds is 16. The highest BCUT2D eigenvalue weighted by Gasteiger charge is 2.14. The van der Waals surface area contributed by atoms with Crippen LogP contribution in [-0.4, -0.2) is 43.6 Å². The number of esters is 1. The van der Waals surface area contributed by atoms with Crippen molar-refractivity contribution in [1.29, 1.82) is 0 Å². The molecular weight excluding hydrogens is 515 g/mol. The Morgan fingerprint density at radius 1 is 1.05 bits per heavy atom. The fourth-order valence-corrected chi connectivity index (χ4v) is 4.19. The van der Waals surface area contributed by atoms with Crippen molar-refractivity contribution in [3.8, 4) is 16.9 Å². The molecule has 0 radical (unpaired) electrons. The van der Waals surface area contributed by atoms with Crippen LogP contribution in [0.15, 0.2) is 57.9 Å². The monoisotopic (exact) mass is 554 g/mol. The molecule has 10 heteroatoms. The summed E-state index contributed by atoms with van der Waals surface area (Å²) in [5.41, 5.74) is 12.4. The van der Waals surface area contributed by atoms with Crippen LogP contribution in [0.4, 0.5) is 4.39 Å². The largest absolute Gasteiger partial charge is 0.463 e. The summed E-state index contributed by atoms with van der Waals surface area (Å²) in [6.45, 7) is 3.56. The number of amides is 1. The highest BCUT2D eigenvalue weighted by atomic mass is 19.1. The minimum absolute atomic E-state index is 0.00427. The highest BCUT2D eigenvalue weighted by molar-refractivity contribution is 5.83. The van der Waals surface area contributed by atoms with E-state index in [2.05, 4.69) is 10.6 Å². The number of ether oxygens (including phenoxy) is 1. The van der Waals surface area contributed by atoms with Crippen molar-refractivity contribution >= 4 is 22.8 Å². The van der Waals surface area contributed by atoms with E-state index in [0.29, 0.717) is 42.6 Å². The lowest BCUT2D eigenvalue weighted by molar-refractivity contribution is -0.134. The molecule has 1 heterocycles. The Balaban J connectivity index is 1.35. The Morgan fingerprint density at radius 2 is 1.82 bits per heavy atom. The van der Waals surface area contributed by atoms with Gasteiger partial charge < -0.3 is 31.3 Å². The van der Waals surface area contributed by atoms with Gasteiger partial charge in [-0.1, -0.05) is 25.0 Å². The summed E-state index contributed by atoms with van der Waals surface area (Å²) in [6, 6.07) is 9.84. The number of carbonyl (C=O) groups excluding carboxylic acids is 2. The number of hydrogen-bond donors (Lipinski definition) is 4. The second-order valence-corrected chi connectivity index (χ2v) is 9.89. The number of nitrogens with one attached hydrogen (secondary N) is 2. The minimum Gasteiger partial charge on any atom is -0.463 e. The molecule has 9 nitrogen and oxygen atoms in total. The maximum absolute atomic E-state index is 13.2. The van der Waals surface area contributed by atoms with E-state index < -0.39 is 11.8 Å². The van der Waals surface area contributed by atoms with Crippen LogP contribution < -0.4 is 32.3 Å². The lowest BCUT2D eigenvalue weighted by Crippen LogP contribution is -2.46. The van der Waals surface area contributed by atoms with Crippen molar-refractivity contribution in [2.75, 3.05) is 19.6 Å². The summed E-state index contributed by atoms with van der Waals surface area (Å²) in [5.74, 6) is -0.588. The molecule has 0 saturated carbocycles. The first-order valence-electron chi connectivity index (χ1n) is 13.8. The van der Waals surface area contributed by atoms with Gasteiger partial charge >= 0.3 is 5.97 Å². The molecular formula is C30H39FN4O5. The normalized spacial score (nSPS) is 12.7. The van der Waals surface area contributed by atoms with E-state index in [1.807, 2.05) is 0 Å². The van der Waals surface area contributed by atoms with Crippen LogP contribution in [0.1, 0.15) is 51.9 Å². The van der Waals surface area contributed by atoms with E-state index in [-0.39, 0.29) is 41.2 Å². The Kier molecular flexibility index (Phi) is 12.3. The number of benzene rings is 2. The first-order valence-corrected chi connectivity index (χ1v) is 13.8. The molecule has 0 saturated heterocycles. The lowest BCUT2D eigenvalue weighted by Gasteiger charge is -2.17. The number of nitrogens with two attached hydrogens (primary N) is 2. The van der Waals surface area contributed by atoms with Crippen LogP contribution in [0, 0.1) is 5.82 Å². The Morgan fingerprint density at radius 3 is 2.58 bits per heavy atom. The van der Waals surface area contributed by atoms with Gasteiger partial charge in [-0.2, -0.15) is 0 Å². The lowest BCUT2D eigenvalue weighted by atomic mass is 10.1. The van der Waals surface area contributed by atoms with Crippen LogP contribution in [0.5, 0.6) is 5.75 Å². The second-order valence-electron chi connectivity index (χ2n) is 9.89. The SMILES string of the molecule is CC(NCC(N)CCCCN)C(=O)NCCCCCC(=O)Oc1ccc2c(=O)c(-c3ccc(F)cc3)coc2c1. The Hall–Kier alpha value is -3.60. The number of hydrogen-bond acceptors (Lipinski definition) is 8. The molecule has 6 N–H and O–H groups in total. The molecule has 2 aromatic carbocycles. The van der Waals surface area contributed by atoms with Gasteiger partial charge in [0.1, 0.15) is 23.4 Å². The van der Waals surface area contributed by atoms with Crippen molar-refractivity contribution in [2.24, 2.45) is 11.5 Å². The van der Waals surface area contributed by atoms with Crippen molar-refractivity contribution < 1.29 is 23.1 Å². The van der Waals surface area contributed by atoms with Crippen LogP contribution in [-0.2, 0) is 9.59 Å². The maximum atomic E-state index is 13.2. The van der Waals surface area contributed by atoms with Crippen molar-refractivity contribution in [3.05, 3.63) is 64.8 Å². The minimum atomic E-state index is -0.394. The molecule has 216 valence electrons. The number of fused-ring (bicyclic) bond motifs is 1. The average molecular weight is 555 g/mol. The smallest absolute Gasteiger partial charge is 0.311 e. The van der Waals surface area contributed by atoms with E-state index in [1.165, 1.54) is 36.6 Å². The molecule has 0 fully saturated rings. The molecule has 0 spiro atoms. The van der Waals surface area contributed by atoms with E-state index >= 15 is 0 Å². The summed E-state index contributed by atoms with van der Waals surface area (Å²) in [7, 11) is 0. The van der Waals surface area contributed by atoms with Crippen molar-refractivity contribution in [3.63, 3.8) is 0 Å². The fourth-order valence-electron chi connectivity index (χ4n) is 4.19. The predicted molar refractivity (Wildman–Crippen MR) is 153 cm³/mol. The second kappa shape index (κ2) is 15.9. The summed E-state index contributed by atoms with van der Waals surface area (Å²) in [6.07, 6.45) is 6.45. The molecule has 0 bridgehead atoms. The zero-order chi connectivity index (χ0) is 28.9. The molecule has 2 atom stereocenters. The number of unbranched alkanes of at least 4 members (excludes halogenated alkanes) is 3. The highest BCUT2D eigenvalue weighted by Crippen LogP contribution is 2.23. The predicted octanol–water partition coefficient (Wildman–Crippen LogP) is 3.62. The van der Waals surface area contributed by atoms with Crippen LogP contribution in [0.2, 0.25) is 0 Å². The molecule has 2 unspecified atom stereocenters. The first kappa shape index (κ1) is 30.9. The van der Waals surface area contributed by atoms with E-state index in [1.54, 1.807) is 19.1 Å². The van der Waals surface area contributed by atoms with Gasteiger partial charge in [-0.3, -0.25) is 14.4 Å². The van der Waals surface area contributed by atoms with Gasteiger partial charge in [0.15, 0.2) is 5.43 Å². The van der Waals surface area contributed by atoms with Gasteiger partial charge in [-0.05, 0) is 69.0 Å². The zero-order valence-electron chi connectivity index (χ0n) is 22.9. The van der Waals surface area contributed by atoms with Crippen molar-refractivity contribution in [2.45, 2.75) is 64.0 Å². The number of halogens is 1. The fraction of sp³-hybridized carbons (Fsp3) is 0.433. The third kappa shape index (κ3) is 9.55. The maximum Gasteiger partial charge on any atom is 0.311 e. The third-order valence-corrected chi connectivity index (χ3v) is 6.60. The molecule has 40 heavy (non-hydrogen) atoms. The molecule has 0 aliphatic heterocycles. The van der Waals surface area contributed by atoms with E-state index in [0.717, 1.165) is 32.1 Å². The summed E-state index contributed by atoms with van der Waals surface area (Å²) in [5, 5.41) is 6.39. The van der Waals surface area contributed by atoms with Gasteiger partial charge in [-0.25, -0.2) is 4.39 Å². The van der Waals surface area contributed by atoms with E-state index in [9.17, 15) is 18.8 Å². The van der Waals surface area contributed by atoms with Crippen LogP contribution in [0.3, 0.4) is 0 Å². The quantitative estimate of drug-likeness (QED) is 0.119. The van der Waals surface area contributed by atoms with Crippen molar-refractivity contribution in [1.82, 2.24) is 10.6 Å².